The zero-order valence-electron chi connectivity index (χ0n) is 13.7. The number of nitrogens with zero attached hydrogens (tertiary/aromatic N) is 2. The molecule has 0 aliphatic heterocycles. The standard InChI is InChI=1S/C18H16N4O3/c1-11(12-6-5-7-13(10-12)25-2)19-22-18(24)16-14-8-3-4-9-15(14)17(23)21-20-16/h3-10H,1-2H3,(H,21,23)(H,22,24)/b19-11+. The van der Waals surface area contributed by atoms with E-state index in [-0.39, 0.29) is 11.3 Å². The van der Waals surface area contributed by atoms with Crippen molar-refractivity contribution in [3.8, 4) is 5.75 Å². The number of fused-ring (bicyclic) bond motifs is 1. The number of hydrazone groups is 1. The number of rotatable bonds is 4. The van der Waals surface area contributed by atoms with Crippen LogP contribution in [0.3, 0.4) is 0 Å². The Bertz CT molecular complexity index is 1020. The molecule has 0 atom stereocenters. The maximum atomic E-state index is 12.4. The smallest absolute Gasteiger partial charge is 0.292 e. The second-order valence-corrected chi connectivity index (χ2v) is 5.32. The summed E-state index contributed by atoms with van der Waals surface area (Å²) in [5, 5.41) is 11.1. The van der Waals surface area contributed by atoms with Gasteiger partial charge in [0.05, 0.1) is 18.2 Å². The molecular weight excluding hydrogens is 320 g/mol. The fourth-order valence-electron chi connectivity index (χ4n) is 2.39. The van der Waals surface area contributed by atoms with Crippen LogP contribution in [0.1, 0.15) is 23.0 Å². The fraction of sp³-hybridized carbons (Fsp3) is 0.111. The summed E-state index contributed by atoms with van der Waals surface area (Å²) < 4.78 is 5.17. The Morgan fingerprint density at radius 3 is 2.68 bits per heavy atom. The van der Waals surface area contributed by atoms with Crippen molar-refractivity contribution in [2.75, 3.05) is 7.11 Å². The van der Waals surface area contributed by atoms with Crippen LogP contribution < -0.4 is 15.7 Å². The first-order chi connectivity index (χ1) is 12.1. The monoisotopic (exact) mass is 336 g/mol. The predicted octanol–water partition coefficient (Wildman–Crippen LogP) is 2.09. The van der Waals surface area contributed by atoms with Crippen molar-refractivity contribution in [3.63, 3.8) is 0 Å². The van der Waals surface area contributed by atoms with Gasteiger partial charge in [0.15, 0.2) is 5.69 Å². The minimum absolute atomic E-state index is 0.109. The molecule has 0 bridgehead atoms. The summed E-state index contributed by atoms with van der Waals surface area (Å²) in [6.45, 7) is 1.77. The van der Waals surface area contributed by atoms with Gasteiger partial charge in [0.1, 0.15) is 5.75 Å². The number of H-pyrrole nitrogens is 1. The van der Waals surface area contributed by atoms with Crippen molar-refractivity contribution < 1.29 is 9.53 Å². The molecule has 1 heterocycles. The van der Waals surface area contributed by atoms with Crippen LogP contribution in [-0.4, -0.2) is 28.9 Å². The second kappa shape index (κ2) is 6.96. The van der Waals surface area contributed by atoms with Gasteiger partial charge in [0.2, 0.25) is 0 Å². The van der Waals surface area contributed by atoms with Crippen LogP contribution in [0.15, 0.2) is 58.4 Å². The Kier molecular flexibility index (Phi) is 4.56. The van der Waals surface area contributed by atoms with Gasteiger partial charge >= 0.3 is 0 Å². The molecule has 3 aromatic rings. The third-order valence-corrected chi connectivity index (χ3v) is 3.72. The van der Waals surface area contributed by atoms with E-state index in [1.54, 1.807) is 38.3 Å². The molecule has 2 aromatic carbocycles. The van der Waals surface area contributed by atoms with E-state index in [9.17, 15) is 9.59 Å². The van der Waals surface area contributed by atoms with Gasteiger partial charge in [-0.1, -0.05) is 30.3 Å². The van der Waals surface area contributed by atoms with E-state index in [2.05, 4.69) is 20.7 Å². The number of ether oxygens (including phenoxy) is 1. The van der Waals surface area contributed by atoms with Crippen LogP contribution in [0.4, 0.5) is 0 Å². The summed E-state index contributed by atoms with van der Waals surface area (Å²) in [5.41, 5.74) is 3.66. The molecule has 1 amide bonds. The van der Waals surface area contributed by atoms with Crippen molar-refractivity contribution >= 4 is 22.4 Å². The Morgan fingerprint density at radius 1 is 1.16 bits per heavy atom. The molecule has 0 fully saturated rings. The van der Waals surface area contributed by atoms with E-state index in [0.717, 1.165) is 5.56 Å². The van der Waals surface area contributed by atoms with Gasteiger partial charge in [-0.15, -0.1) is 0 Å². The van der Waals surface area contributed by atoms with Gasteiger partial charge < -0.3 is 4.74 Å². The van der Waals surface area contributed by atoms with Gasteiger partial charge in [-0.05, 0) is 25.1 Å². The van der Waals surface area contributed by atoms with Gasteiger partial charge in [0.25, 0.3) is 11.5 Å². The number of aromatic nitrogens is 2. The van der Waals surface area contributed by atoms with Crippen molar-refractivity contribution in [1.82, 2.24) is 15.6 Å². The number of amides is 1. The molecule has 0 aliphatic carbocycles. The number of methoxy groups -OCH3 is 1. The normalized spacial score (nSPS) is 11.4. The zero-order valence-corrected chi connectivity index (χ0v) is 13.7. The van der Waals surface area contributed by atoms with Crippen LogP contribution in [0.2, 0.25) is 0 Å². The molecule has 0 unspecified atom stereocenters. The topological polar surface area (TPSA) is 96.4 Å². The molecule has 1 aromatic heterocycles. The van der Waals surface area contributed by atoms with Crippen LogP contribution in [-0.2, 0) is 0 Å². The molecule has 0 spiro atoms. The summed E-state index contributed by atoms with van der Waals surface area (Å²) in [6, 6.07) is 14.1. The molecule has 0 aliphatic rings. The molecule has 126 valence electrons. The quantitative estimate of drug-likeness (QED) is 0.563. The van der Waals surface area contributed by atoms with E-state index < -0.39 is 5.91 Å². The molecule has 25 heavy (non-hydrogen) atoms. The van der Waals surface area contributed by atoms with Crippen LogP contribution in [0, 0.1) is 0 Å². The summed E-state index contributed by atoms with van der Waals surface area (Å²) in [4.78, 5) is 24.2. The first-order valence-corrected chi connectivity index (χ1v) is 7.56. The number of carbonyl (C=O) groups excluding carboxylic acids is 1. The number of aromatic amines is 1. The highest BCUT2D eigenvalue weighted by Gasteiger charge is 2.13. The third kappa shape index (κ3) is 3.40. The highest BCUT2D eigenvalue weighted by Crippen LogP contribution is 2.14. The molecule has 0 saturated heterocycles. The molecule has 7 heteroatoms. The first-order valence-electron chi connectivity index (χ1n) is 7.56. The first kappa shape index (κ1) is 16.4. The summed E-state index contributed by atoms with van der Waals surface area (Å²) in [6.07, 6.45) is 0. The highest BCUT2D eigenvalue weighted by atomic mass is 16.5. The van der Waals surface area contributed by atoms with Crippen molar-refractivity contribution in [3.05, 3.63) is 70.1 Å². The van der Waals surface area contributed by atoms with Gasteiger partial charge in [-0.25, -0.2) is 10.5 Å². The van der Waals surface area contributed by atoms with Crippen LogP contribution >= 0.6 is 0 Å². The summed E-state index contributed by atoms with van der Waals surface area (Å²) in [7, 11) is 1.58. The van der Waals surface area contributed by atoms with E-state index in [1.807, 2.05) is 24.3 Å². The minimum Gasteiger partial charge on any atom is -0.497 e. The Hall–Kier alpha value is -3.48. The Balaban J connectivity index is 1.88. The SMILES string of the molecule is COc1cccc(/C(C)=N/NC(=O)c2n[nH]c(=O)c3ccccc23)c1. The average molecular weight is 336 g/mol. The second-order valence-electron chi connectivity index (χ2n) is 5.32. The van der Waals surface area contributed by atoms with E-state index in [0.29, 0.717) is 22.2 Å². The molecule has 7 nitrogen and oxygen atoms in total. The molecule has 0 radical (unpaired) electrons. The van der Waals surface area contributed by atoms with Crippen molar-refractivity contribution in [2.45, 2.75) is 6.92 Å². The zero-order chi connectivity index (χ0) is 17.8. The number of nitrogens with one attached hydrogen (secondary N) is 2. The largest absolute Gasteiger partial charge is 0.497 e. The van der Waals surface area contributed by atoms with Gasteiger partial charge in [0, 0.05) is 10.9 Å². The lowest BCUT2D eigenvalue weighted by molar-refractivity contribution is 0.0950. The number of hydrogen-bond donors (Lipinski definition) is 2. The lowest BCUT2D eigenvalue weighted by Crippen LogP contribution is -2.23. The number of benzene rings is 2. The lowest BCUT2D eigenvalue weighted by Gasteiger charge is -2.06. The number of hydrogen-bond acceptors (Lipinski definition) is 5. The van der Waals surface area contributed by atoms with Crippen LogP contribution in [0.5, 0.6) is 5.75 Å². The highest BCUT2D eigenvalue weighted by molar-refractivity contribution is 6.06. The van der Waals surface area contributed by atoms with Crippen molar-refractivity contribution in [2.24, 2.45) is 5.10 Å². The average Bonchev–Trinajstić information content (AvgIpc) is 2.66. The van der Waals surface area contributed by atoms with Crippen LogP contribution in [0.25, 0.3) is 10.8 Å². The fourth-order valence-corrected chi connectivity index (χ4v) is 2.39. The minimum atomic E-state index is -0.505. The Labute approximate surface area is 143 Å². The summed E-state index contributed by atoms with van der Waals surface area (Å²) >= 11 is 0. The number of carbonyl (C=O) groups is 1. The maximum absolute atomic E-state index is 12.4. The van der Waals surface area contributed by atoms with Gasteiger partial charge in [-0.3, -0.25) is 9.59 Å². The Morgan fingerprint density at radius 2 is 1.92 bits per heavy atom. The van der Waals surface area contributed by atoms with Crippen molar-refractivity contribution in [1.29, 1.82) is 0 Å². The lowest BCUT2D eigenvalue weighted by atomic mass is 10.1. The summed E-state index contributed by atoms with van der Waals surface area (Å²) in [5.74, 6) is 0.196. The molecule has 3 rings (SSSR count). The molecular formula is C18H16N4O3. The maximum Gasteiger partial charge on any atom is 0.292 e. The molecule has 0 saturated carbocycles. The van der Waals surface area contributed by atoms with E-state index in [4.69, 9.17) is 4.74 Å². The van der Waals surface area contributed by atoms with Gasteiger partial charge in [-0.2, -0.15) is 10.2 Å². The third-order valence-electron chi connectivity index (χ3n) is 3.72. The molecule has 2 N–H and O–H groups in total. The predicted molar refractivity (Wildman–Crippen MR) is 95.0 cm³/mol. The van der Waals surface area contributed by atoms with E-state index >= 15 is 0 Å². The van der Waals surface area contributed by atoms with E-state index in [1.165, 1.54) is 0 Å².